The molecule has 0 aliphatic heterocycles. The lowest BCUT2D eigenvalue weighted by atomic mass is 9.91. The van der Waals surface area contributed by atoms with Crippen LogP contribution in [0.15, 0.2) is 36.4 Å². The monoisotopic (exact) mass is 412 g/mol. The molecule has 0 bridgehead atoms. The maximum absolute atomic E-state index is 12.9. The summed E-state index contributed by atoms with van der Waals surface area (Å²) in [4.78, 5) is 24.8. The highest BCUT2D eigenvalue weighted by Crippen LogP contribution is 2.20. The summed E-state index contributed by atoms with van der Waals surface area (Å²) in [5, 5.41) is 10.6. The van der Waals surface area contributed by atoms with E-state index in [0.717, 1.165) is 36.9 Å². The van der Waals surface area contributed by atoms with Crippen molar-refractivity contribution in [2.24, 2.45) is 0 Å². The van der Waals surface area contributed by atoms with E-state index >= 15 is 0 Å². The Morgan fingerprint density at radius 1 is 1.07 bits per heavy atom. The zero-order valence-corrected chi connectivity index (χ0v) is 18.3. The molecule has 2 N–H and O–H groups in total. The molecule has 0 radical (unpaired) electrons. The minimum Gasteiger partial charge on any atom is -0.444 e. The number of benzene rings is 1. The van der Waals surface area contributed by atoms with Crippen LogP contribution in [-0.2, 0) is 11.3 Å². The van der Waals surface area contributed by atoms with Gasteiger partial charge in [-0.3, -0.25) is 9.48 Å². The van der Waals surface area contributed by atoms with Gasteiger partial charge in [0.2, 0.25) is 0 Å². The van der Waals surface area contributed by atoms with Crippen molar-refractivity contribution in [3.63, 3.8) is 0 Å². The van der Waals surface area contributed by atoms with Crippen molar-refractivity contribution in [1.29, 1.82) is 0 Å². The van der Waals surface area contributed by atoms with Gasteiger partial charge in [-0.2, -0.15) is 5.10 Å². The van der Waals surface area contributed by atoms with Gasteiger partial charge in [0.25, 0.3) is 5.91 Å². The predicted molar refractivity (Wildman–Crippen MR) is 115 cm³/mol. The Labute approximate surface area is 178 Å². The van der Waals surface area contributed by atoms with Gasteiger partial charge in [-0.1, -0.05) is 30.3 Å². The van der Waals surface area contributed by atoms with E-state index in [1.54, 1.807) is 4.68 Å². The number of carbonyl (C=O) groups excluding carboxylic acids is 2. The molecule has 1 aliphatic carbocycles. The third-order valence-electron chi connectivity index (χ3n) is 5.09. The van der Waals surface area contributed by atoms with Crippen LogP contribution in [0, 0.1) is 6.92 Å². The van der Waals surface area contributed by atoms with E-state index in [0.29, 0.717) is 12.2 Å². The zero-order valence-electron chi connectivity index (χ0n) is 18.3. The third-order valence-corrected chi connectivity index (χ3v) is 5.09. The highest BCUT2D eigenvalue weighted by atomic mass is 16.6. The number of hydrogen-bond acceptors (Lipinski definition) is 4. The highest BCUT2D eigenvalue weighted by molar-refractivity contribution is 5.92. The number of alkyl carbamates (subject to hydrolysis) is 1. The van der Waals surface area contributed by atoms with Gasteiger partial charge in [0.05, 0.1) is 12.2 Å². The van der Waals surface area contributed by atoms with Crippen molar-refractivity contribution in [2.45, 2.75) is 77.6 Å². The molecule has 0 saturated heterocycles. The van der Waals surface area contributed by atoms with E-state index in [9.17, 15) is 9.59 Å². The Morgan fingerprint density at radius 3 is 2.27 bits per heavy atom. The molecular weight excluding hydrogens is 380 g/mol. The summed E-state index contributed by atoms with van der Waals surface area (Å²) >= 11 is 0. The van der Waals surface area contributed by atoms with Crippen molar-refractivity contribution in [1.82, 2.24) is 20.4 Å². The first-order chi connectivity index (χ1) is 14.2. The number of aromatic nitrogens is 2. The van der Waals surface area contributed by atoms with Crippen LogP contribution in [0.5, 0.6) is 0 Å². The molecule has 7 heteroatoms. The molecule has 1 saturated carbocycles. The molecule has 2 amide bonds. The standard InChI is InChI=1S/C23H32N4O3/c1-16-14-20(27(26-16)15-17-8-6-5-7-9-17)21(28)24-18-10-12-19(13-11-18)25-22(29)30-23(2,3)4/h5-9,14,18-19H,10-13,15H2,1-4H3,(H,24,28)(H,25,29). The number of nitrogens with one attached hydrogen (secondary N) is 2. The van der Waals surface area contributed by atoms with Crippen molar-refractivity contribution in [3.8, 4) is 0 Å². The Bertz CT molecular complexity index is 862. The average Bonchev–Trinajstić information content (AvgIpc) is 3.03. The maximum Gasteiger partial charge on any atom is 0.407 e. The Morgan fingerprint density at radius 2 is 1.67 bits per heavy atom. The lowest BCUT2D eigenvalue weighted by Gasteiger charge is -2.30. The van der Waals surface area contributed by atoms with Gasteiger partial charge in [-0.05, 0) is 65.0 Å². The van der Waals surface area contributed by atoms with Crippen LogP contribution in [0.4, 0.5) is 4.79 Å². The fourth-order valence-corrected chi connectivity index (χ4v) is 3.72. The molecule has 0 spiro atoms. The van der Waals surface area contributed by atoms with Gasteiger partial charge in [0, 0.05) is 12.1 Å². The van der Waals surface area contributed by atoms with Crippen LogP contribution in [0.3, 0.4) is 0 Å². The molecule has 0 atom stereocenters. The van der Waals surface area contributed by atoms with Crippen LogP contribution in [0.2, 0.25) is 0 Å². The number of rotatable bonds is 5. The molecule has 1 aromatic carbocycles. The number of nitrogens with zero attached hydrogens (tertiary/aromatic N) is 2. The van der Waals surface area contributed by atoms with Crippen molar-refractivity contribution in [3.05, 3.63) is 53.3 Å². The zero-order chi connectivity index (χ0) is 21.7. The minimum absolute atomic E-state index is 0.0823. The van der Waals surface area contributed by atoms with Crippen LogP contribution in [0.25, 0.3) is 0 Å². The second-order valence-electron chi connectivity index (χ2n) is 8.98. The van der Waals surface area contributed by atoms with Gasteiger partial charge < -0.3 is 15.4 Å². The fourth-order valence-electron chi connectivity index (χ4n) is 3.72. The molecule has 7 nitrogen and oxygen atoms in total. The van der Waals surface area contributed by atoms with E-state index in [-0.39, 0.29) is 24.1 Å². The van der Waals surface area contributed by atoms with Crippen LogP contribution >= 0.6 is 0 Å². The van der Waals surface area contributed by atoms with Gasteiger partial charge in [0.1, 0.15) is 11.3 Å². The third kappa shape index (κ3) is 6.34. The van der Waals surface area contributed by atoms with E-state index in [1.165, 1.54) is 0 Å². The molecule has 3 rings (SSSR count). The molecule has 162 valence electrons. The van der Waals surface area contributed by atoms with E-state index < -0.39 is 5.60 Å². The van der Waals surface area contributed by atoms with Gasteiger partial charge in [-0.25, -0.2) is 4.79 Å². The molecule has 1 heterocycles. The number of ether oxygens (including phenoxy) is 1. The number of hydrogen-bond donors (Lipinski definition) is 2. The SMILES string of the molecule is Cc1cc(C(=O)NC2CCC(NC(=O)OC(C)(C)C)CC2)n(Cc2ccccc2)n1. The van der Waals surface area contributed by atoms with Gasteiger partial charge in [-0.15, -0.1) is 0 Å². The van der Waals surface area contributed by atoms with Crippen LogP contribution in [-0.4, -0.2) is 39.5 Å². The predicted octanol–water partition coefficient (Wildman–Crippen LogP) is 3.81. The van der Waals surface area contributed by atoms with E-state index in [2.05, 4.69) is 15.7 Å². The second-order valence-corrected chi connectivity index (χ2v) is 8.98. The molecule has 0 unspecified atom stereocenters. The lowest BCUT2D eigenvalue weighted by molar-refractivity contribution is 0.0487. The fraction of sp³-hybridized carbons (Fsp3) is 0.522. The first-order valence-electron chi connectivity index (χ1n) is 10.6. The lowest BCUT2D eigenvalue weighted by Crippen LogP contribution is -2.45. The van der Waals surface area contributed by atoms with Crippen LogP contribution in [0.1, 0.15) is 68.2 Å². The normalized spacial score (nSPS) is 19.2. The summed E-state index contributed by atoms with van der Waals surface area (Å²) in [5.74, 6) is -0.102. The average molecular weight is 413 g/mol. The largest absolute Gasteiger partial charge is 0.444 e. The Kier molecular flexibility index (Phi) is 6.80. The number of amides is 2. The summed E-state index contributed by atoms with van der Waals surface area (Å²) < 4.78 is 7.08. The smallest absolute Gasteiger partial charge is 0.407 e. The maximum atomic E-state index is 12.9. The van der Waals surface area contributed by atoms with E-state index in [4.69, 9.17) is 4.74 Å². The van der Waals surface area contributed by atoms with E-state index in [1.807, 2.05) is 64.1 Å². The second kappa shape index (κ2) is 9.32. The Balaban J connectivity index is 1.52. The summed E-state index contributed by atoms with van der Waals surface area (Å²) in [6.45, 7) is 8.01. The molecular formula is C23H32N4O3. The van der Waals surface area contributed by atoms with Gasteiger partial charge in [0.15, 0.2) is 0 Å². The molecule has 1 aliphatic rings. The molecule has 30 heavy (non-hydrogen) atoms. The summed E-state index contributed by atoms with van der Waals surface area (Å²) in [5.41, 5.74) is 1.99. The van der Waals surface area contributed by atoms with Crippen molar-refractivity contribution < 1.29 is 14.3 Å². The minimum atomic E-state index is -0.504. The molecule has 2 aromatic rings. The first kappa shape index (κ1) is 21.9. The number of carbonyl (C=O) groups is 2. The summed E-state index contributed by atoms with van der Waals surface area (Å²) in [6.07, 6.45) is 2.88. The van der Waals surface area contributed by atoms with Gasteiger partial charge >= 0.3 is 6.09 Å². The summed E-state index contributed by atoms with van der Waals surface area (Å²) in [6, 6.07) is 12.0. The van der Waals surface area contributed by atoms with Crippen molar-refractivity contribution in [2.75, 3.05) is 0 Å². The first-order valence-corrected chi connectivity index (χ1v) is 10.6. The molecule has 1 aromatic heterocycles. The quantitative estimate of drug-likeness (QED) is 0.782. The molecule has 1 fully saturated rings. The highest BCUT2D eigenvalue weighted by Gasteiger charge is 2.26. The summed E-state index contributed by atoms with van der Waals surface area (Å²) in [7, 11) is 0. The Hall–Kier alpha value is -2.83. The van der Waals surface area contributed by atoms with Crippen LogP contribution < -0.4 is 10.6 Å². The topological polar surface area (TPSA) is 85.3 Å². The van der Waals surface area contributed by atoms with Crippen molar-refractivity contribution >= 4 is 12.0 Å². The number of aryl methyl sites for hydroxylation is 1.